The quantitative estimate of drug-likeness (QED) is 0.541. The maximum Gasteiger partial charge on any atom is 0.123 e. The van der Waals surface area contributed by atoms with Gasteiger partial charge in [-0.1, -0.05) is 0 Å². The summed E-state index contributed by atoms with van der Waals surface area (Å²) < 4.78 is 0. The highest BCUT2D eigenvalue weighted by atomic mass is 15.6. The van der Waals surface area contributed by atoms with Gasteiger partial charge in [0.1, 0.15) is 12.0 Å². The zero-order valence-electron chi connectivity index (χ0n) is 7.13. The Morgan fingerprint density at radius 2 is 2.20 bits per heavy atom. The fraction of sp³-hybridized carbons (Fsp3) is 0.857. The molecule has 0 aliphatic carbocycles. The minimum Gasteiger partial charge on any atom is -0.338 e. The molecule has 58 valence electrons. The summed E-state index contributed by atoms with van der Waals surface area (Å²) in [7, 11) is 2.00. The Balaban J connectivity index is 2.68. The lowest BCUT2D eigenvalue weighted by Gasteiger charge is -2.24. The molecule has 0 saturated heterocycles. The van der Waals surface area contributed by atoms with Crippen LogP contribution in [0.25, 0.3) is 0 Å². The minimum atomic E-state index is 0.435. The van der Waals surface area contributed by atoms with E-state index in [1.165, 1.54) is 0 Å². The van der Waals surface area contributed by atoms with Crippen molar-refractivity contribution in [2.24, 2.45) is 5.10 Å². The van der Waals surface area contributed by atoms with Crippen molar-refractivity contribution >= 4 is 5.84 Å². The van der Waals surface area contributed by atoms with E-state index in [9.17, 15) is 0 Å². The van der Waals surface area contributed by atoms with Crippen LogP contribution < -0.4 is 0 Å². The SMILES string of the molecule is CCN1C(C)=NN(C)C1C. The summed E-state index contributed by atoms with van der Waals surface area (Å²) in [6.07, 6.45) is 0.435. The average Bonchev–Trinajstić information content (AvgIpc) is 2.09. The molecule has 0 aromatic rings. The van der Waals surface area contributed by atoms with Crippen LogP contribution in [0.15, 0.2) is 5.10 Å². The maximum atomic E-state index is 4.30. The Morgan fingerprint density at radius 1 is 1.60 bits per heavy atom. The molecule has 0 N–H and O–H groups in total. The van der Waals surface area contributed by atoms with Gasteiger partial charge in [0.2, 0.25) is 0 Å². The highest BCUT2D eigenvalue weighted by Crippen LogP contribution is 2.12. The molecule has 3 heteroatoms. The van der Waals surface area contributed by atoms with E-state index < -0.39 is 0 Å². The molecule has 0 aromatic heterocycles. The monoisotopic (exact) mass is 141 g/mol. The maximum absolute atomic E-state index is 4.30. The Bertz CT molecular complexity index is 153. The van der Waals surface area contributed by atoms with Crippen LogP contribution in [0, 0.1) is 0 Å². The van der Waals surface area contributed by atoms with E-state index in [-0.39, 0.29) is 0 Å². The van der Waals surface area contributed by atoms with E-state index in [0.717, 1.165) is 12.4 Å². The van der Waals surface area contributed by atoms with Crippen molar-refractivity contribution in [1.82, 2.24) is 9.91 Å². The average molecular weight is 141 g/mol. The van der Waals surface area contributed by atoms with E-state index in [1.807, 2.05) is 19.0 Å². The van der Waals surface area contributed by atoms with Gasteiger partial charge in [-0.3, -0.25) is 5.01 Å². The van der Waals surface area contributed by atoms with Crippen molar-refractivity contribution in [1.29, 1.82) is 0 Å². The molecule has 0 saturated carbocycles. The van der Waals surface area contributed by atoms with Gasteiger partial charge in [-0.25, -0.2) is 0 Å². The predicted octanol–water partition coefficient (Wildman–Crippen LogP) is 0.933. The Hall–Kier alpha value is -0.730. The third-order valence-electron chi connectivity index (χ3n) is 2.05. The second-order valence-corrected chi connectivity index (χ2v) is 2.64. The molecule has 1 aliphatic heterocycles. The van der Waals surface area contributed by atoms with Gasteiger partial charge >= 0.3 is 0 Å². The van der Waals surface area contributed by atoms with Crippen LogP contribution in [0.2, 0.25) is 0 Å². The minimum absolute atomic E-state index is 0.435. The normalized spacial score (nSPS) is 25.6. The lowest BCUT2D eigenvalue weighted by molar-refractivity contribution is 0.182. The first kappa shape index (κ1) is 7.38. The van der Waals surface area contributed by atoms with Crippen LogP contribution in [0.3, 0.4) is 0 Å². The number of nitrogens with zero attached hydrogens (tertiary/aromatic N) is 3. The first-order chi connectivity index (χ1) is 4.66. The first-order valence-corrected chi connectivity index (χ1v) is 3.71. The summed E-state index contributed by atoms with van der Waals surface area (Å²) in [5.41, 5.74) is 0. The number of rotatable bonds is 1. The molecule has 0 aromatic carbocycles. The van der Waals surface area contributed by atoms with Gasteiger partial charge in [0.15, 0.2) is 0 Å². The number of hydrazone groups is 1. The second-order valence-electron chi connectivity index (χ2n) is 2.64. The molecule has 1 atom stereocenters. The zero-order valence-corrected chi connectivity index (χ0v) is 7.13. The molecule has 3 nitrogen and oxygen atoms in total. The van der Waals surface area contributed by atoms with Crippen molar-refractivity contribution < 1.29 is 0 Å². The highest BCUT2D eigenvalue weighted by molar-refractivity contribution is 5.80. The van der Waals surface area contributed by atoms with Crippen molar-refractivity contribution in [2.75, 3.05) is 13.6 Å². The molecule has 10 heavy (non-hydrogen) atoms. The van der Waals surface area contributed by atoms with Gasteiger partial charge in [0.05, 0.1) is 0 Å². The van der Waals surface area contributed by atoms with Crippen molar-refractivity contribution in [3.8, 4) is 0 Å². The van der Waals surface area contributed by atoms with Crippen LogP contribution in [0.5, 0.6) is 0 Å². The molecule has 0 fully saturated rings. The van der Waals surface area contributed by atoms with Crippen LogP contribution in [0.4, 0.5) is 0 Å². The Morgan fingerprint density at radius 3 is 2.40 bits per heavy atom. The molecular weight excluding hydrogens is 126 g/mol. The zero-order chi connectivity index (χ0) is 7.72. The first-order valence-electron chi connectivity index (χ1n) is 3.71. The van der Waals surface area contributed by atoms with Gasteiger partial charge in [0, 0.05) is 13.6 Å². The van der Waals surface area contributed by atoms with Crippen molar-refractivity contribution in [3.63, 3.8) is 0 Å². The van der Waals surface area contributed by atoms with Crippen LogP contribution in [-0.4, -0.2) is 35.5 Å². The summed E-state index contributed by atoms with van der Waals surface area (Å²) in [6, 6.07) is 0. The standard InChI is InChI=1S/C7H15N3/c1-5-10-6(2)8-9(4)7(10)3/h7H,5H2,1-4H3. The third-order valence-corrected chi connectivity index (χ3v) is 2.05. The van der Waals surface area contributed by atoms with Gasteiger partial charge in [-0.2, -0.15) is 5.10 Å². The van der Waals surface area contributed by atoms with Crippen molar-refractivity contribution in [2.45, 2.75) is 26.9 Å². The summed E-state index contributed by atoms with van der Waals surface area (Å²) in [4.78, 5) is 2.26. The van der Waals surface area contributed by atoms with E-state index in [2.05, 4.69) is 23.8 Å². The molecule has 0 bridgehead atoms. The Labute approximate surface area is 62.3 Å². The number of hydrogen-bond donors (Lipinski definition) is 0. The summed E-state index contributed by atoms with van der Waals surface area (Å²) in [5.74, 6) is 1.12. The number of amidine groups is 1. The lowest BCUT2D eigenvalue weighted by atomic mass is 10.4. The molecule has 1 rings (SSSR count). The second kappa shape index (κ2) is 2.48. The topological polar surface area (TPSA) is 18.8 Å². The Kier molecular flexibility index (Phi) is 1.83. The smallest absolute Gasteiger partial charge is 0.123 e. The molecule has 1 unspecified atom stereocenters. The third kappa shape index (κ3) is 0.958. The number of hydrogen-bond acceptors (Lipinski definition) is 3. The fourth-order valence-corrected chi connectivity index (χ4v) is 1.33. The molecule has 0 radical (unpaired) electrons. The van der Waals surface area contributed by atoms with E-state index in [4.69, 9.17) is 0 Å². The molecule has 0 amide bonds. The summed E-state index contributed by atoms with van der Waals surface area (Å²) in [5, 5.41) is 6.28. The van der Waals surface area contributed by atoms with Gasteiger partial charge in [-0.05, 0) is 20.8 Å². The van der Waals surface area contributed by atoms with Gasteiger partial charge in [-0.15, -0.1) is 0 Å². The lowest BCUT2D eigenvalue weighted by Crippen LogP contribution is -2.37. The molecule has 1 heterocycles. The van der Waals surface area contributed by atoms with Crippen LogP contribution in [0.1, 0.15) is 20.8 Å². The van der Waals surface area contributed by atoms with Crippen LogP contribution >= 0.6 is 0 Å². The fourth-order valence-electron chi connectivity index (χ4n) is 1.33. The summed E-state index contributed by atoms with van der Waals surface area (Å²) >= 11 is 0. The van der Waals surface area contributed by atoms with E-state index in [1.54, 1.807) is 0 Å². The molecule has 0 spiro atoms. The van der Waals surface area contributed by atoms with E-state index >= 15 is 0 Å². The largest absolute Gasteiger partial charge is 0.338 e. The predicted molar refractivity (Wildman–Crippen MR) is 42.7 cm³/mol. The highest BCUT2D eigenvalue weighted by Gasteiger charge is 2.22. The summed E-state index contributed by atoms with van der Waals surface area (Å²) in [6.45, 7) is 7.39. The van der Waals surface area contributed by atoms with Gasteiger partial charge in [0.25, 0.3) is 0 Å². The van der Waals surface area contributed by atoms with Gasteiger partial charge < -0.3 is 4.90 Å². The van der Waals surface area contributed by atoms with Crippen LogP contribution in [-0.2, 0) is 0 Å². The van der Waals surface area contributed by atoms with E-state index in [0.29, 0.717) is 6.17 Å². The molecule has 1 aliphatic rings. The van der Waals surface area contributed by atoms with Crippen molar-refractivity contribution in [3.05, 3.63) is 0 Å². The molecular formula is C7H15N3.